The Morgan fingerprint density at radius 1 is 1.24 bits per heavy atom. The minimum atomic E-state index is -1.21. The van der Waals surface area contributed by atoms with E-state index in [1.165, 1.54) is 5.56 Å². The highest BCUT2D eigenvalue weighted by Gasteiger charge is 2.31. The molecule has 1 aliphatic heterocycles. The van der Waals surface area contributed by atoms with E-state index in [1.807, 2.05) is 37.3 Å². The molecule has 128 valence electrons. The fraction of sp³-hybridized carbons (Fsp3) is 0.263. The molecular weight excluding hydrogens is 316 g/mol. The van der Waals surface area contributed by atoms with Gasteiger partial charge in [0.2, 0.25) is 5.95 Å². The van der Waals surface area contributed by atoms with Gasteiger partial charge in [0.05, 0.1) is 0 Å². The lowest BCUT2D eigenvalue weighted by atomic mass is 9.92. The van der Waals surface area contributed by atoms with Crippen LogP contribution in [0.5, 0.6) is 0 Å². The highest BCUT2D eigenvalue weighted by molar-refractivity contribution is 5.69. The Bertz CT molecular complexity index is 933. The van der Waals surface area contributed by atoms with Gasteiger partial charge in [-0.25, -0.2) is 4.98 Å². The van der Waals surface area contributed by atoms with Crippen LogP contribution >= 0.6 is 0 Å². The summed E-state index contributed by atoms with van der Waals surface area (Å²) < 4.78 is 5.65. The Labute approximate surface area is 145 Å². The van der Waals surface area contributed by atoms with Crippen molar-refractivity contribution in [2.45, 2.75) is 25.9 Å². The molecule has 0 spiro atoms. The number of fused-ring (bicyclic) bond motifs is 1. The minimum Gasteiger partial charge on any atom is -0.463 e. The summed E-state index contributed by atoms with van der Waals surface area (Å²) in [5.74, 6) is 2.31. The van der Waals surface area contributed by atoms with Crippen LogP contribution in [0.4, 0.5) is 17.5 Å². The molecule has 6 heteroatoms. The smallest absolute Gasteiger partial charge is 0.221 e. The summed E-state index contributed by atoms with van der Waals surface area (Å²) in [6.07, 6.45) is 2.57. The van der Waals surface area contributed by atoms with Crippen LogP contribution in [0.25, 0.3) is 0 Å². The van der Waals surface area contributed by atoms with Gasteiger partial charge >= 0.3 is 0 Å². The molecule has 25 heavy (non-hydrogen) atoms. The van der Waals surface area contributed by atoms with Crippen LogP contribution in [0.1, 0.15) is 29.6 Å². The van der Waals surface area contributed by atoms with E-state index >= 15 is 0 Å². The number of furan rings is 1. The first-order chi connectivity index (χ1) is 11.9. The summed E-state index contributed by atoms with van der Waals surface area (Å²) in [6.45, 7) is 4.43. The number of aliphatic hydroxyl groups is 1. The fourth-order valence-corrected chi connectivity index (χ4v) is 3.27. The van der Waals surface area contributed by atoms with Crippen molar-refractivity contribution < 1.29 is 9.52 Å². The molecule has 0 fully saturated rings. The van der Waals surface area contributed by atoms with Gasteiger partial charge in [-0.2, -0.15) is 4.98 Å². The predicted octanol–water partition coefficient (Wildman–Crippen LogP) is 2.91. The zero-order chi connectivity index (χ0) is 17.6. The summed E-state index contributed by atoms with van der Waals surface area (Å²) in [5, 5.41) is 11.0. The Balaban J connectivity index is 1.76. The number of hydrogen-bond donors (Lipinski definition) is 2. The van der Waals surface area contributed by atoms with Crippen LogP contribution in [0.15, 0.2) is 47.0 Å². The molecule has 1 atom stereocenters. The molecule has 1 aromatic carbocycles. The highest BCUT2D eigenvalue weighted by atomic mass is 16.4. The molecule has 2 aromatic heterocycles. The molecule has 0 saturated heterocycles. The van der Waals surface area contributed by atoms with Crippen molar-refractivity contribution in [2.24, 2.45) is 0 Å². The van der Waals surface area contributed by atoms with E-state index in [2.05, 4.69) is 20.9 Å². The standard InChI is InChI=1S/C19H20N4O2/c1-12-3-6-16(25-12)19(2,24)14-5-4-13-8-10-23(15(13)11-14)17-7-9-21-18(20)22-17/h3-7,9,11,24H,8,10H2,1-2H3,(H2,20,21,22). The third-order valence-corrected chi connectivity index (χ3v) is 4.70. The first-order valence-corrected chi connectivity index (χ1v) is 8.24. The normalized spacial score (nSPS) is 15.9. The monoisotopic (exact) mass is 336 g/mol. The summed E-state index contributed by atoms with van der Waals surface area (Å²) in [5.41, 5.74) is 7.53. The van der Waals surface area contributed by atoms with E-state index in [0.29, 0.717) is 5.76 Å². The van der Waals surface area contributed by atoms with Crippen molar-refractivity contribution >= 4 is 17.5 Å². The van der Waals surface area contributed by atoms with Gasteiger partial charge in [-0.05, 0) is 55.7 Å². The Morgan fingerprint density at radius 2 is 2.08 bits per heavy atom. The van der Waals surface area contributed by atoms with Gasteiger partial charge in [0, 0.05) is 18.4 Å². The van der Waals surface area contributed by atoms with Crippen LogP contribution in [-0.4, -0.2) is 21.6 Å². The molecule has 3 aromatic rings. The van der Waals surface area contributed by atoms with Gasteiger partial charge in [-0.15, -0.1) is 0 Å². The van der Waals surface area contributed by atoms with Gasteiger partial charge in [-0.3, -0.25) is 0 Å². The molecule has 0 aliphatic carbocycles. The van der Waals surface area contributed by atoms with Gasteiger partial charge in [0.15, 0.2) is 0 Å². The number of nitrogens with two attached hydrogens (primary N) is 1. The molecule has 0 bridgehead atoms. The Morgan fingerprint density at radius 3 is 2.80 bits per heavy atom. The average Bonchev–Trinajstić information content (AvgIpc) is 3.20. The number of nitrogens with zero attached hydrogens (tertiary/aromatic N) is 3. The molecule has 0 amide bonds. The van der Waals surface area contributed by atoms with Crippen LogP contribution in [0.3, 0.4) is 0 Å². The van der Waals surface area contributed by atoms with E-state index < -0.39 is 5.60 Å². The minimum absolute atomic E-state index is 0.250. The first-order valence-electron chi connectivity index (χ1n) is 8.24. The van der Waals surface area contributed by atoms with Crippen molar-refractivity contribution in [1.29, 1.82) is 0 Å². The number of hydrogen-bond acceptors (Lipinski definition) is 6. The van der Waals surface area contributed by atoms with E-state index in [0.717, 1.165) is 35.8 Å². The second-order valence-corrected chi connectivity index (χ2v) is 6.50. The maximum atomic E-state index is 11.0. The van der Waals surface area contributed by atoms with E-state index in [-0.39, 0.29) is 5.95 Å². The highest BCUT2D eigenvalue weighted by Crippen LogP contribution is 2.38. The molecule has 6 nitrogen and oxygen atoms in total. The van der Waals surface area contributed by atoms with E-state index in [4.69, 9.17) is 10.2 Å². The third-order valence-electron chi connectivity index (χ3n) is 4.70. The quantitative estimate of drug-likeness (QED) is 0.764. The molecule has 0 saturated carbocycles. The zero-order valence-corrected chi connectivity index (χ0v) is 14.2. The lowest BCUT2D eigenvalue weighted by Gasteiger charge is -2.24. The zero-order valence-electron chi connectivity index (χ0n) is 14.2. The Hall–Kier alpha value is -2.86. The summed E-state index contributed by atoms with van der Waals surface area (Å²) in [4.78, 5) is 10.4. The maximum absolute atomic E-state index is 11.0. The van der Waals surface area contributed by atoms with E-state index in [1.54, 1.807) is 13.1 Å². The number of nitrogen functional groups attached to an aromatic ring is 1. The van der Waals surface area contributed by atoms with Crippen LogP contribution in [0, 0.1) is 6.92 Å². The number of aryl methyl sites for hydroxylation is 1. The lowest BCUT2D eigenvalue weighted by molar-refractivity contribution is 0.0758. The number of rotatable bonds is 3. The number of benzene rings is 1. The third kappa shape index (κ3) is 2.64. The van der Waals surface area contributed by atoms with Gasteiger partial charge in [-0.1, -0.05) is 12.1 Å². The summed E-state index contributed by atoms with van der Waals surface area (Å²) in [6, 6.07) is 11.5. The van der Waals surface area contributed by atoms with E-state index in [9.17, 15) is 5.11 Å². The van der Waals surface area contributed by atoms with Crippen LogP contribution in [0.2, 0.25) is 0 Å². The second kappa shape index (κ2) is 5.60. The fourth-order valence-electron chi connectivity index (χ4n) is 3.27. The van der Waals surface area contributed by atoms with Crippen LogP contribution < -0.4 is 10.6 Å². The van der Waals surface area contributed by atoms with Crippen molar-refractivity contribution in [2.75, 3.05) is 17.2 Å². The van der Waals surface area contributed by atoms with Crippen molar-refractivity contribution in [1.82, 2.24) is 9.97 Å². The molecule has 3 N–H and O–H groups in total. The lowest BCUT2D eigenvalue weighted by Crippen LogP contribution is -2.23. The molecule has 1 unspecified atom stereocenters. The second-order valence-electron chi connectivity index (χ2n) is 6.50. The summed E-state index contributed by atoms with van der Waals surface area (Å²) >= 11 is 0. The van der Waals surface area contributed by atoms with Gasteiger partial charge < -0.3 is 20.2 Å². The average molecular weight is 336 g/mol. The molecule has 3 heterocycles. The van der Waals surface area contributed by atoms with Crippen molar-refractivity contribution in [3.05, 3.63) is 65.2 Å². The molecule has 4 rings (SSSR count). The van der Waals surface area contributed by atoms with Crippen molar-refractivity contribution in [3.63, 3.8) is 0 Å². The molecular formula is C19H20N4O2. The Kier molecular flexibility index (Phi) is 3.51. The van der Waals surface area contributed by atoms with Crippen LogP contribution in [-0.2, 0) is 12.0 Å². The molecule has 0 radical (unpaired) electrons. The van der Waals surface area contributed by atoms with Crippen molar-refractivity contribution in [3.8, 4) is 0 Å². The van der Waals surface area contributed by atoms with Gasteiger partial charge in [0.25, 0.3) is 0 Å². The SMILES string of the molecule is Cc1ccc(C(C)(O)c2ccc3c(c2)N(c2ccnc(N)n2)CC3)o1. The maximum Gasteiger partial charge on any atom is 0.221 e. The van der Waals surface area contributed by atoms with Gasteiger partial charge in [0.1, 0.15) is 22.9 Å². The number of anilines is 3. The topological polar surface area (TPSA) is 88.4 Å². The predicted molar refractivity (Wildman–Crippen MR) is 95.7 cm³/mol. The largest absolute Gasteiger partial charge is 0.463 e. The number of aromatic nitrogens is 2. The summed E-state index contributed by atoms with van der Waals surface area (Å²) in [7, 11) is 0. The molecule has 1 aliphatic rings. The first kappa shape index (κ1) is 15.7.